The lowest BCUT2D eigenvalue weighted by Gasteiger charge is -2.19. The van der Waals surface area contributed by atoms with E-state index in [1.165, 1.54) is 0 Å². The number of nitrogens with two attached hydrogens (primary N) is 1. The molecule has 2 heterocycles. The van der Waals surface area contributed by atoms with E-state index in [1.807, 2.05) is 16.7 Å². The van der Waals surface area contributed by atoms with Crippen LogP contribution in [0.25, 0.3) is 0 Å². The Morgan fingerprint density at radius 2 is 2.06 bits per heavy atom. The summed E-state index contributed by atoms with van der Waals surface area (Å²) in [7, 11) is 0. The molecule has 0 spiro atoms. The summed E-state index contributed by atoms with van der Waals surface area (Å²) >= 11 is 0. The molecule has 0 aliphatic heterocycles. The summed E-state index contributed by atoms with van der Waals surface area (Å²) in [5, 5.41) is 9.11. The Bertz CT molecular complexity index is 468. The average molecular weight is 232 g/mol. The number of imidazole rings is 1. The van der Waals surface area contributed by atoms with E-state index in [0.717, 1.165) is 11.3 Å². The molecular formula is C12H16N4O. The maximum atomic E-state index is 9.11. The molecule has 0 radical (unpaired) electrons. The van der Waals surface area contributed by atoms with E-state index in [-0.39, 0.29) is 12.6 Å². The van der Waals surface area contributed by atoms with Crippen molar-refractivity contribution in [1.29, 1.82) is 0 Å². The van der Waals surface area contributed by atoms with Gasteiger partial charge in [-0.2, -0.15) is 0 Å². The highest BCUT2D eigenvalue weighted by atomic mass is 16.3. The van der Waals surface area contributed by atoms with Crippen molar-refractivity contribution in [3.05, 3.63) is 48.3 Å². The second-order valence-electron chi connectivity index (χ2n) is 3.97. The van der Waals surface area contributed by atoms with Crippen LogP contribution in [0.3, 0.4) is 0 Å². The van der Waals surface area contributed by atoms with Gasteiger partial charge in [0, 0.05) is 18.6 Å². The number of nitrogens with zero attached hydrogens (tertiary/aromatic N) is 3. The van der Waals surface area contributed by atoms with Crippen LogP contribution in [0, 0.1) is 0 Å². The molecule has 0 aliphatic rings. The Morgan fingerprint density at radius 1 is 1.35 bits per heavy atom. The molecule has 0 aromatic carbocycles. The fourth-order valence-corrected chi connectivity index (χ4v) is 1.82. The Hall–Kier alpha value is -1.72. The standard InChI is InChI=1S/C12H16N4O/c1-9(10-2-4-14-5-3-10)16-8-15-6-12(16)11(13)7-17/h2-6,8-9,11,17H,7,13H2,1H3. The molecule has 0 amide bonds. The molecule has 2 aromatic heterocycles. The molecule has 0 fully saturated rings. The molecule has 2 atom stereocenters. The average Bonchev–Trinajstić information content (AvgIpc) is 2.87. The Labute approximate surface area is 99.9 Å². The molecular weight excluding hydrogens is 216 g/mol. The van der Waals surface area contributed by atoms with E-state index in [2.05, 4.69) is 16.9 Å². The Kier molecular flexibility index (Phi) is 3.51. The molecule has 2 unspecified atom stereocenters. The molecule has 5 heteroatoms. The van der Waals surface area contributed by atoms with E-state index in [9.17, 15) is 0 Å². The van der Waals surface area contributed by atoms with Gasteiger partial charge in [0.15, 0.2) is 0 Å². The largest absolute Gasteiger partial charge is 0.394 e. The molecule has 3 N–H and O–H groups in total. The van der Waals surface area contributed by atoms with Gasteiger partial charge in [0.25, 0.3) is 0 Å². The normalized spacial score (nSPS) is 14.5. The van der Waals surface area contributed by atoms with Gasteiger partial charge in [-0.05, 0) is 24.6 Å². The van der Waals surface area contributed by atoms with E-state index in [0.29, 0.717) is 0 Å². The maximum absolute atomic E-state index is 9.11. The van der Waals surface area contributed by atoms with Gasteiger partial charge in [-0.25, -0.2) is 4.98 Å². The van der Waals surface area contributed by atoms with Crippen LogP contribution >= 0.6 is 0 Å². The first-order valence-electron chi connectivity index (χ1n) is 5.52. The number of hydrogen-bond donors (Lipinski definition) is 2. The molecule has 90 valence electrons. The first-order valence-corrected chi connectivity index (χ1v) is 5.52. The second-order valence-corrected chi connectivity index (χ2v) is 3.97. The summed E-state index contributed by atoms with van der Waals surface area (Å²) in [5.41, 5.74) is 7.79. The summed E-state index contributed by atoms with van der Waals surface area (Å²) in [6.45, 7) is 1.97. The molecule has 2 rings (SSSR count). The highest BCUT2D eigenvalue weighted by Crippen LogP contribution is 2.21. The van der Waals surface area contributed by atoms with Crippen LogP contribution in [-0.2, 0) is 0 Å². The van der Waals surface area contributed by atoms with E-state index in [1.54, 1.807) is 24.9 Å². The number of hydrogen-bond acceptors (Lipinski definition) is 4. The zero-order chi connectivity index (χ0) is 12.3. The number of aliphatic hydroxyl groups is 1. The van der Waals surface area contributed by atoms with Crippen molar-refractivity contribution >= 4 is 0 Å². The van der Waals surface area contributed by atoms with Gasteiger partial charge in [-0.15, -0.1) is 0 Å². The number of rotatable bonds is 4. The third kappa shape index (κ3) is 2.35. The summed E-state index contributed by atoms with van der Waals surface area (Å²) in [6.07, 6.45) is 6.94. The summed E-state index contributed by atoms with van der Waals surface area (Å²) in [4.78, 5) is 8.09. The topological polar surface area (TPSA) is 77.0 Å². The van der Waals surface area contributed by atoms with Crippen molar-refractivity contribution in [2.24, 2.45) is 5.73 Å². The molecule has 0 saturated heterocycles. The van der Waals surface area contributed by atoms with Crippen molar-refractivity contribution in [3.63, 3.8) is 0 Å². The van der Waals surface area contributed by atoms with Gasteiger partial charge < -0.3 is 15.4 Å². The summed E-state index contributed by atoms with van der Waals surface area (Å²) in [6, 6.07) is 3.63. The summed E-state index contributed by atoms with van der Waals surface area (Å²) in [5.74, 6) is 0. The number of aliphatic hydroxyl groups excluding tert-OH is 1. The van der Waals surface area contributed by atoms with Crippen LogP contribution < -0.4 is 5.73 Å². The van der Waals surface area contributed by atoms with E-state index >= 15 is 0 Å². The molecule has 5 nitrogen and oxygen atoms in total. The van der Waals surface area contributed by atoms with Crippen LogP contribution in [-0.4, -0.2) is 26.2 Å². The van der Waals surface area contributed by atoms with Crippen molar-refractivity contribution in [2.45, 2.75) is 19.0 Å². The third-order valence-corrected chi connectivity index (χ3v) is 2.88. The van der Waals surface area contributed by atoms with Gasteiger partial charge in [0.1, 0.15) is 0 Å². The first kappa shape index (κ1) is 11.8. The van der Waals surface area contributed by atoms with Gasteiger partial charge in [-0.3, -0.25) is 4.98 Å². The highest BCUT2D eigenvalue weighted by molar-refractivity contribution is 5.18. The van der Waals surface area contributed by atoms with Crippen LogP contribution in [0.1, 0.15) is 30.3 Å². The molecule has 2 aromatic rings. The van der Waals surface area contributed by atoms with Crippen LogP contribution in [0.5, 0.6) is 0 Å². The predicted molar refractivity (Wildman–Crippen MR) is 64.3 cm³/mol. The minimum Gasteiger partial charge on any atom is -0.394 e. The van der Waals surface area contributed by atoms with Crippen LogP contribution in [0.15, 0.2) is 37.1 Å². The SMILES string of the molecule is CC(c1ccncc1)n1cncc1C(N)CO. The lowest BCUT2D eigenvalue weighted by Crippen LogP contribution is -2.20. The van der Waals surface area contributed by atoms with Gasteiger partial charge in [-0.1, -0.05) is 0 Å². The quantitative estimate of drug-likeness (QED) is 0.820. The lowest BCUT2D eigenvalue weighted by atomic mass is 10.1. The smallest absolute Gasteiger partial charge is 0.0954 e. The van der Waals surface area contributed by atoms with Crippen molar-refractivity contribution < 1.29 is 5.11 Å². The fraction of sp³-hybridized carbons (Fsp3) is 0.333. The zero-order valence-electron chi connectivity index (χ0n) is 9.69. The second kappa shape index (κ2) is 5.07. The van der Waals surface area contributed by atoms with E-state index in [4.69, 9.17) is 10.8 Å². The Morgan fingerprint density at radius 3 is 2.71 bits per heavy atom. The van der Waals surface area contributed by atoms with Crippen molar-refractivity contribution in [1.82, 2.24) is 14.5 Å². The molecule has 0 aliphatic carbocycles. The van der Waals surface area contributed by atoms with Crippen LogP contribution in [0.4, 0.5) is 0 Å². The maximum Gasteiger partial charge on any atom is 0.0954 e. The predicted octanol–water partition coefficient (Wildman–Crippen LogP) is 0.879. The third-order valence-electron chi connectivity index (χ3n) is 2.88. The van der Waals surface area contributed by atoms with Gasteiger partial charge in [0.2, 0.25) is 0 Å². The van der Waals surface area contributed by atoms with Gasteiger partial charge in [0.05, 0.1) is 30.7 Å². The van der Waals surface area contributed by atoms with Crippen molar-refractivity contribution in [2.75, 3.05) is 6.61 Å². The molecule has 0 bridgehead atoms. The van der Waals surface area contributed by atoms with Crippen molar-refractivity contribution in [3.8, 4) is 0 Å². The van der Waals surface area contributed by atoms with E-state index < -0.39 is 6.04 Å². The number of pyridine rings is 1. The minimum absolute atomic E-state index is 0.0885. The molecule has 0 saturated carbocycles. The fourth-order valence-electron chi connectivity index (χ4n) is 1.82. The zero-order valence-corrected chi connectivity index (χ0v) is 9.69. The lowest BCUT2D eigenvalue weighted by molar-refractivity contribution is 0.262. The number of aromatic nitrogens is 3. The Balaban J connectivity index is 2.32. The minimum atomic E-state index is -0.401. The molecule has 17 heavy (non-hydrogen) atoms. The highest BCUT2D eigenvalue weighted by Gasteiger charge is 2.15. The summed E-state index contributed by atoms with van der Waals surface area (Å²) < 4.78 is 1.97. The van der Waals surface area contributed by atoms with Crippen LogP contribution in [0.2, 0.25) is 0 Å². The first-order chi connectivity index (χ1) is 8.24. The monoisotopic (exact) mass is 232 g/mol. The van der Waals surface area contributed by atoms with Gasteiger partial charge >= 0.3 is 0 Å².